The maximum absolute atomic E-state index is 11.6. The Hall–Kier alpha value is -0.250. The van der Waals surface area contributed by atoms with Crippen LogP contribution in [0.25, 0.3) is 0 Å². The molecule has 1 aliphatic rings. The molecule has 1 saturated carbocycles. The topological polar surface area (TPSA) is 70.0 Å². The number of rotatable bonds is 4. The van der Waals surface area contributed by atoms with Gasteiger partial charge < -0.3 is 0 Å². The number of thioether (sulfide) groups is 1. The van der Waals surface area contributed by atoms with E-state index in [1.54, 1.807) is 17.8 Å². The number of nitriles is 1. The second-order valence-electron chi connectivity index (χ2n) is 3.75. The highest BCUT2D eigenvalue weighted by molar-refractivity contribution is 7.99. The molecule has 0 aromatic rings. The first-order valence-corrected chi connectivity index (χ1v) is 7.78. The zero-order valence-electron chi connectivity index (χ0n) is 8.93. The Kier molecular flexibility index (Phi) is 4.44. The molecule has 86 valence electrons. The number of sulfonamides is 1. The zero-order valence-corrected chi connectivity index (χ0v) is 10.6. The first-order chi connectivity index (χ1) is 7.01. The highest BCUT2D eigenvalue weighted by Gasteiger charge is 2.32. The fourth-order valence-corrected chi connectivity index (χ4v) is 3.79. The van der Waals surface area contributed by atoms with E-state index in [2.05, 4.69) is 4.72 Å². The van der Waals surface area contributed by atoms with Crippen molar-refractivity contribution in [3.8, 4) is 6.07 Å². The van der Waals surface area contributed by atoms with Crippen molar-refractivity contribution < 1.29 is 8.42 Å². The summed E-state index contributed by atoms with van der Waals surface area (Å²) in [5.41, 5.74) is 0. The molecule has 1 rings (SSSR count). The quantitative estimate of drug-likeness (QED) is 0.809. The van der Waals surface area contributed by atoms with E-state index in [9.17, 15) is 8.42 Å². The molecule has 4 nitrogen and oxygen atoms in total. The lowest BCUT2D eigenvalue weighted by atomic mass is 10.3. The van der Waals surface area contributed by atoms with Crippen LogP contribution in [0.2, 0.25) is 0 Å². The first-order valence-electron chi connectivity index (χ1n) is 4.95. The second-order valence-corrected chi connectivity index (χ2v) is 6.86. The van der Waals surface area contributed by atoms with Gasteiger partial charge in [-0.2, -0.15) is 17.0 Å². The van der Waals surface area contributed by atoms with E-state index in [0.717, 1.165) is 19.3 Å². The van der Waals surface area contributed by atoms with Crippen LogP contribution in [0, 0.1) is 11.3 Å². The van der Waals surface area contributed by atoms with Gasteiger partial charge in [0.25, 0.3) is 0 Å². The molecule has 3 unspecified atom stereocenters. The van der Waals surface area contributed by atoms with E-state index in [4.69, 9.17) is 5.26 Å². The lowest BCUT2D eigenvalue weighted by Gasteiger charge is -2.19. The Bertz CT molecular complexity index is 348. The summed E-state index contributed by atoms with van der Waals surface area (Å²) >= 11 is 1.69. The number of nitrogens with zero attached hydrogens (tertiary/aromatic N) is 1. The summed E-state index contributed by atoms with van der Waals surface area (Å²) in [4.78, 5) is 0. The standard InChI is InChI=1S/C9H16N2O2S2/c1-7(6-10)15(12,13)11-8-4-3-5-9(8)14-2/h7-9,11H,3-5H2,1-2H3. The van der Waals surface area contributed by atoms with E-state index in [0.29, 0.717) is 5.25 Å². The lowest BCUT2D eigenvalue weighted by molar-refractivity contribution is 0.551. The van der Waals surface area contributed by atoms with Crippen LogP contribution in [0.5, 0.6) is 0 Å². The maximum atomic E-state index is 11.6. The summed E-state index contributed by atoms with van der Waals surface area (Å²) in [6.07, 6.45) is 4.98. The predicted molar refractivity (Wildman–Crippen MR) is 62.1 cm³/mol. The van der Waals surface area contributed by atoms with E-state index >= 15 is 0 Å². The molecule has 1 fully saturated rings. The molecule has 3 atom stereocenters. The van der Waals surface area contributed by atoms with Gasteiger partial charge in [-0.05, 0) is 26.0 Å². The Morgan fingerprint density at radius 3 is 2.73 bits per heavy atom. The summed E-state index contributed by atoms with van der Waals surface area (Å²) in [6, 6.07) is 1.76. The van der Waals surface area contributed by atoms with Crippen molar-refractivity contribution in [2.75, 3.05) is 6.26 Å². The van der Waals surface area contributed by atoms with Crippen molar-refractivity contribution in [3.63, 3.8) is 0 Å². The van der Waals surface area contributed by atoms with Gasteiger partial charge in [-0.15, -0.1) is 0 Å². The van der Waals surface area contributed by atoms with Crippen LogP contribution < -0.4 is 4.72 Å². The molecule has 0 aromatic carbocycles. The second kappa shape index (κ2) is 5.19. The van der Waals surface area contributed by atoms with E-state index in [-0.39, 0.29) is 6.04 Å². The van der Waals surface area contributed by atoms with Gasteiger partial charge >= 0.3 is 0 Å². The fourth-order valence-electron chi connectivity index (χ4n) is 1.73. The largest absolute Gasteiger partial charge is 0.227 e. The summed E-state index contributed by atoms with van der Waals surface area (Å²) in [5.74, 6) is 0. The number of hydrogen-bond acceptors (Lipinski definition) is 4. The SMILES string of the molecule is CSC1CCCC1NS(=O)(=O)C(C)C#N. The van der Waals surface area contributed by atoms with Crippen LogP contribution in [0.3, 0.4) is 0 Å². The molecule has 0 bridgehead atoms. The van der Waals surface area contributed by atoms with Gasteiger partial charge in [0.15, 0.2) is 5.25 Å². The molecule has 6 heteroatoms. The molecule has 0 heterocycles. The van der Waals surface area contributed by atoms with Crippen LogP contribution >= 0.6 is 11.8 Å². The van der Waals surface area contributed by atoms with Crippen LogP contribution in [0.1, 0.15) is 26.2 Å². The molecule has 0 amide bonds. The maximum Gasteiger partial charge on any atom is 0.227 e. The minimum Gasteiger partial charge on any atom is -0.211 e. The van der Waals surface area contributed by atoms with Gasteiger partial charge in [-0.3, -0.25) is 0 Å². The predicted octanol–water partition coefficient (Wildman–Crippen LogP) is 1.10. The van der Waals surface area contributed by atoms with E-state index in [1.165, 1.54) is 6.92 Å². The first kappa shape index (κ1) is 12.8. The third-order valence-corrected chi connectivity index (χ3v) is 5.56. The Balaban J connectivity index is 2.66. The van der Waals surface area contributed by atoms with Crippen molar-refractivity contribution in [2.45, 2.75) is 42.7 Å². The van der Waals surface area contributed by atoms with Crippen molar-refractivity contribution in [1.29, 1.82) is 5.26 Å². The van der Waals surface area contributed by atoms with Gasteiger partial charge in [0, 0.05) is 11.3 Å². The summed E-state index contributed by atoms with van der Waals surface area (Å²) in [7, 11) is -3.46. The highest BCUT2D eigenvalue weighted by Crippen LogP contribution is 2.29. The molecule has 0 spiro atoms. The molecular formula is C9H16N2O2S2. The fraction of sp³-hybridized carbons (Fsp3) is 0.889. The van der Waals surface area contributed by atoms with Crippen molar-refractivity contribution in [2.24, 2.45) is 0 Å². The molecule has 0 radical (unpaired) electrons. The summed E-state index contributed by atoms with van der Waals surface area (Å²) in [6.45, 7) is 1.41. The number of hydrogen-bond donors (Lipinski definition) is 1. The monoisotopic (exact) mass is 248 g/mol. The van der Waals surface area contributed by atoms with Crippen molar-refractivity contribution in [3.05, 3.63) is 0 Å². The summed E-state index contributed by atoms with van der Waals surface area (Å²) < 4.78 is 25.9. The average Bonchev–Trinajstić information content (AvgIpc) is 2.63. The highest BCUT2D eigenvalue weighted by atomic mass is 32.2. The average molecular weight is 248 g/mol. The van der Waals surface area contributed by atoms with Gasteiger partial charge in [0.2, 0.25) is 10.0 Å². The van der Waals surface area contributed by atoms with Gasteiger partial charge in [-0.25, -0.2) is 13.1 Å². The lowest BCUT2D eigenvalue weighted by Crippen LogP contribution is -2.42. The van der Waals surface area contributed by atoms with Gasteiger partial charge in [-0.1, -0.05) is 6.42 Å². The molecule has 0 saturated heterocycles. The summed E-state index contributed by atoms with van der Waals surface area (Å²) in [5, 5.41) is 7.97. The van der Waals surface area contributed by atoms with Gasteiger partial charge in [0.05, 0.1) is 6.07 Å². The van der Waals surface area contributed by atoms with Crippen LogP contribution in [-0.4, -0.2) is 31.2 Å². The smallest absolute Gasteiger partial charge is 0.211 e. The molecule has 0 aromatic heterocycles. The van der Waals surface area contributed by atoms with Crippen LogP contribution in [0.4, 0.5) is 0 Å². The zero-order chi connectivity index (χ0) is 11.5. The molecule has 1 N–H and O–H groups in total. The molecule has 15 heavy (non-hydrogen) atoms. The Morgan fingerprint density at radius 1 is 1.53 bits per heavy atom. The normalized spacial score (nSPS) is 28.6. The third-order valence-electron chi connectivity index (χ3n) is 2.72. The molecule has 0 aliphatic heterocycles. The van der Waals surface area contributed by atoms with E-state index < -0.39 is 15.3 Å². The van der Waals surface area contributed by atoms with Crippen molar-refractivity contribution >= 4 is 21.8 Å². The van der Waals surface area contributed by atoms with Gasteiger partial charge in [0.1, 0.15) is 0 Å². The minimum absolute atomic E-state index is 0.000741. The van der Waals surface area contributed by atoms with Crippen molar-refractivity contribution in [1.82, 2.24) is 4.72 Å². The van der Waals surface area contributed by atoms with Crippen LogP contribution in [0.15, 0.2) is 0 Å². The molecular weight excluding hydrogens is 232 g/mol. The van der Waals surface area contributed by atoms with E-state index in [1.807, 2.05) is 6.26 Å². The Labute approximate surface area is 95.5 Å². The Morgan fingerprint density at radius 2 is 2.20 bits per heavy atom. The molecule has 1 aliphatic carbocycles. The third kappa shape index (κ3) is 3.10. The van der Waals surface area contributed by atoms with Crippen LogP contribution in [-0.2, 0) is 10.0 Å². The minimum atomic E-state index is -3.46. The number of nitrogens with one attached hydrogen (secondary N) is 1.